The van der Waals surface area contributed by atoms with Crippen LogP contribution in [0.1, 0.15) is 36.7 Å². The van der Waals surface area contributed by atoms with E-state index in [1.165, 1.54) is 12.5 Å². The van der Waals surface area contributed by atoms with Gasteiger partial charge in [-0.2, -0.15) is 0 Å². The van der Waals surface area contributed by atoms with E-state index in [0.717, 1.165) is 18.8 Å². The maximum Gasteiger partial charge on any atom is 0.257 e. The number of amides is 2. The Kier molecular flexibility index (Phi) is 9.12. The van der Waals surface area contributed by atoms with Crippen molar-refractivity contribution in [2.24, 2.45) is 5.92 Å². The number of carbonyl (C=O) groups is 2. The fourth-order valence-electron chi connectivity index (χ4n) is 4.31. The molecule has 2 aromatic carbocycles. The van der Waals surface area contributed by atoms with E-state index in [9.17, 15) is 9.59 Å². The van der Waals surface area contributed by atoms with Gasteiger partial charge in [0.05, 0.1) is 18.8 Å². The predicted molar refractivity (Wildman–Crippen MR) is 136 cm³/mol. The Hall–Kier alpha value is -3.10. The maximum absolute atomic E-state index is 13.3. The third-order valence-electron chi connectivity index (χ3n) is 6.44. The van der Waals surface area contributed by atoms with E-state index in [0.29, 0.717) is 30.2 Å². The lowest BCUT2D eigenvalue weighted by atomic mass is 10.0. The lowest BCUT2D eigenvalue weighted by molar-refractivity contribution is -0.114. The van der Waals surface area contributed by atoms with Gasteiger partial charge < -0.3 is 24.4 Å². The van der Waals surface area contributed by atoms with Crippen LogP contribution in [0.5, 0.6) is 11.5 Å². The van der Waals surface area contributed by atoms with Crippen molar-refractivity contribution in [3.8, 4) is 11.5 Å². The Morgan fingerprint density at radius 3 is 2.46 bits per heavy atom. The number of carbonyl (C=O) groups excluding carboxylic acids is 2. The van der Waals surface area contributed by atoms with Gasteiger partial charge in [0.1, 0.15) is 18.1 Å². The molecule has 0 fully saturated rings. The molecule has 190 valence electrons. The molecule has 2 amide bonds. The smallest absolute Gasteiger partial charge is 0.257 e. The van der Waals surface area contributed by atoms with Crippen molar-refractivity contribution in [3.05, 3.63) is 53.6 Å². The number of rotatable bonds is 5. The second-order valence-electron chi connectivity index (χ2n) is 9.27. The van der Waals surface area contributed by atoms with Crippen LogP contribution in [0.15, 0.2) is 42.5 Å². The Bertz CT molecular complexity index is 1010. The maximum atomic E-state index is 13.3. The Labute approximate surface area is 208 Å². The molecule has 1 aliphatic rings. The molecule has 0 saturated heterocycles. The molecule has 35 heavy (non-hydrogen) atoms. The van der Waals surface area contributed by atoms with Crippen LogP contribution in [0, 0.1) is 5.92 Å². The molecule has 0 spiro atoms. The summed E-state index contributed by atoms with van der Waals surface area (Å²) >= 11 is 0. The summed E-state index contributed by atoms with van der Waals surface area (Å²) < 4.78 is 17.3. The molecule has 0 bridgehead atoms. The van der Waals surface area contributed by atoms with Crippen molar-refractivity contribution < 1.29 is 23.8 Å². The van der Waals surface area contributed by atoms with Crippen LogP contribution in [0.2, 0.25) is 0 Å². The molecule has 0 unspecified atom stereocenters. The number of nitrogens with one attached hydrogen (secondary N) is 1. The van der Waals surface area contributed by atoms with Gasteiger partial charge in [0.25, 0.3) is 5.91 Å². The van der Waals surface area contributed by atoms with E-state index in [4.69, 9.17) is 14.2 Å². The van der Waals surface area contributed by atoms with Gasteiger partial charge >= 0.3 is 0 Å². The fraction of sp³-hybridized carbons (Fsp3) is 0.481. The molecule has 0 aliphatic carbocycles. The first-order valence-corrected chi connectivity index (χ1v) is 11.9. The van der Waals surface area contributed by atoms with E-state index in [1.807, 2.05) is 12.1 Å². The summed E-state index contributed by atoms with van der Waals surface area (Å²) in [5, 5.41) is 2.77. The molecule has 3 atom stereocenters. The van der Waals surface area contributed by atoms with Gasteiger partial charge in [0.15, 0.2) is 0 Å². The largest absolute Gasteiger partial charge is 0.497 e. The number of benzene rings is 2. The van der Waals surface area contributed by atoms with Crippen LogP contribution in [0.3, 0.4) is 0 Å². The topological polar surface area (TPSA) is 80.3 Å². The van der Waals surface area contributed by atoms with E-state index >= 15 is 0 Å². The van der Waals surface area contributed by atoms with Crippen molar-refractivity contribution >= 4 is 17.5 Å². The minimum atomic E-state index is -0.183. The number of hydrogen-bond acceptors (Lipinski definition) is 6. The first kappa shape index (κ1) is 26.5. The van der Waals surface area contributed by atoms with E-state index < -0.39 is 0 Å². The van der Waals surface area contributed by atoms with Gasteiger partial charge in [0, 0.05) is 58.5 Å². The molecule has 2 aromatic rings. The highest BCUT2D eigenvalue weighted by Crippen LogP contribution is 2.27. The van der Waals surface area contributed by atoms with Crippen molar-refractivity contribution in [2.45, 2.75) is 39.5 Å². The van der Waals surface area contributed by atoms with E-state index in [2.05, 4.69) is 36.2 Å². The van der Waals surface area contributed by atoms with Gasteiger partial charge in [-0.25, -0.2) is 0 Å². The lowest BCUT2D eigenvalue weighted by Gasteiger charge is -2.36. The van der Waals surface area contributed by atoms with Crippen LogP contribution in [0.25, 0.3) is 0 Å². The predicted octanol–water partition coefficient (Wildman–Crippen LogP) is 3.66. The quantitative estimate of drug-likeness (QED) is 0.699. The number of likely N-dealkylation sites (N-methyl/N-ethyl adjacent to an activating group) is 1. The Morgan fingerprint density at radius 2 is 1.83 bits per heavy atom. The number of anilines is 1. The first-order chi connectivity index (χ1) is 16.7. The molecule has 0 radical (unpaired) electrons. The van der Waals surface area contributed by atoms with Crippen LogP contribution < -0.4 is 14.8 Å². The highest BCUT2D eigenvalue weighted by molar-refractivity contribution is 5.98. The van der Waals surface area contributed by atoms with Crippen LogP contribution in [-0.2, 0) is 16.1 Å². The summed E-state index contributed by atoms with van der Waals surface area (Å²) in [5.41, 5.74) is 2.22. The summed E-state index contributed by atoms with van der Waals surface area (Å²) in [7, 11) is 5.13. The highest BCUT2D eigenvalue weighted by Gasteiger charge is 2.28. The van der Waals surface area contributed by atoms with Crippen LogP contribution in [0.4, 0.5) is 5.69 Å². The molecular formula is C27H37N3O5. The zero-order valence-corrected chi connectivity index (χ0v) is 21.5. The molecule has 8 nitrogen and oxygen atoms in total. The number of methoxy groups -OCH3 is 2. The number of fused-ring (bicyclic) bond motifs is 1. The Balaban J connectivity index is 1.93. The minimum absolute atomic E-state index is 0.0570. The highest BCUT2D eigenvalue weighted by atomic mass is 16.5. The number of nitrogens with zero attached hydrogens (tertiary/aromatic N) is 2. The minimum Gasteiger partial charge on any atom is -0.497 e. The van der Waals surface area contributed by atoms with Gasteiger partial charge in [0.2, 0.25) is 5.91 Å². The molecule has 1 N–H and O–H groups in total. The first-order valence-electron chi connectivity index (χ1n) is 11.9. The molecule has 0 saturated carbocycles. The summed E-state index contributed by atoms with van der Waals surface area (Å²) in [6.45, 7) is 8.07. The van der Waals surface area contributed by atoms with Crippen molar-refractivity contribution in [1.82, 2.24) is 9.80 Å². The van der Waals surface area contributed by atoms with Crippen LogP contribution in [-0.4, -0.2) is 74.7 Å². The molecule has 8 heteroatoms. The van der Waals surface area contributed by atoms with Gasteiger partial charge in [-0.15, -0.1) is 0 Å². The molecular weight excluding hydrogens is 446 g/mol. The fourth-order valence-corrected chi connectivity index (χ4v) is 4.31. The third-order valence-corrected chi connectivity index (χ3v) is 6.44. The van der Waals surface area contributed by atoms with E-state index in [1.54, 1.807) is 44.4 Å². The zero-order valence-electron chi connectivity index (χ0n) is 21.5. The standard InChI is InChI=1S/C27H37N3O5/c1-18-14-30(15-21-7-10-23(33-5)11-8-21)19(2)17-35-25-13-22(28-20(3)31)9-12-24(25)27(32)29(4)16-26(18)34-6/h7-13,18-19,26H,14-17H2,1-6H3,(H,28,31)/t18-,19-,26-/m1/s1. The third kappa shape index (κ3) is 6.96. The van der Waals surface area contributed by atoms with Gasteiger partial charge in [-0.1, -0.05) is 19.1 Å². The second kappa shape index (κ2) is 12.0. The summed E-state index contributed by atoms with van der Waals surface area (Å²) in [5.74, 6) is 1.12. The molecule has 1 aliphatic heterocycles. The Morgan fingerprint density at radius 1 is 1.11 bits per heavy atom. The molecule has 3 rings (SSSR count). The van der Waals surface area contributed by atoms with Crippen molar-refractivity contribution in [3.63, 3.8) is 0 Å². The van der Waals surface area contributed by atoms with Crippen LogP contribution >= 0.6 is 0 Å². The number of hydrogen-bond donors (Lipinski definition) is 1. The van der Waals surface area contributed by atoms with E-state index in [-0.39, 0.29) is 29.9 Å². The lowest BCUT2D eigenvalue weighted by Crippen LogP contribution is -2.46. The summed E-state index contributed by atoms with van der Waals surface area (Å²) in [6, 6.07) is 13.3. The SMILES string of the molecule is COc1ccc(CN2C[C@@H](C)[C@H](OC)CN(C)C(=O)c3ccc(NC(C)=O)cc3OC[C@H]2C)cc1. The average molecular weight is 484 g/mol. The average Bonchev–Trinajstić information content (AvgIpc) is 2.84. The second-order valence-corrected chi connectivity index (χ2v) is 9.27. The number of ether oxygens (including phenoxy) is 3. The monoisotopic (exact) mass is 483 g/mol. The van der Waals surface area contributed by atoms with Crippen molar-refractivity contribution in [1.29, 1.82) is 0 Å². The molecule has 1 heterocycles. The van der Waals surface area contributed by atoms with Gasteiger partial charge in [-0.05, 0) is 42.7 Å². The zero-order chi connectivity index (χ0) is 25.5. The van der Waals surface area contributed by atoms with Crippen molar-refractivity contribution in [2.75, 3.05) is 46.3 Å². The molecule has 0 aromatic heterocycles. The van der Waals surface area contributed by atoms with Gasteiger partial charge in [-0.3, -0.25) is 14.5 Å². The summed E-state index contributed by atoms with van der Waals surface area (Å²) in [6.07, 6.45) is -0.128. The summed E-state index contributed by atoms with van der Waals surface area (Å²) in [4.78, 5) is 28.9. The normalized spacial score (nSPS) is 21.8.